The lowest BCUT2D eigenvalue weighted by atomic mass is 10.0. The highest BCUT2D eigenvalue weighted by Crippen LogP contribution is 2.36. The van der Waals surface area contributed by atoms with Gasteiger partial charge in [-0.25, -0.2) is 4.79 Å². The molecule has 3 fully saturated rings. The largest absolute Gasteiger partial charge is 0.446 e. The minimum absolute atomic E-state index is 0.0110. The molecular weight excluding hydrogens is 716 g/mol. The van der Waals surface area contributed by atoms with Crippen LogP contribution in [-0.2, 0) is 32.1 Å². The van der Waals surface area contributed by atoms with Gasteiger partial charge in [0.25, 0.3) is 11.8 Å². The number of hydrogen-bond acceptors (Lipinski definition) is 10. The van der Waals surface area contributed by atoms with E-state index >= 15 is 0 Å². The number of aromatic amines is 1. The number of carbonyl (C=O) groups excluding carboxylic acids is 6. The second-order valence-corrected chi connectivity index (χ2v) is 15.0. The molecule has 4 heterocycles. The average Bonchev–Trinajstić information content (AvgIpc) is 3.84. The van der Waals surface area contributed by atoms with Gasteiger partial charge < -0.3 is 20.3 Å². The monoisotopic (exact) mass is 758 g/mol. The standard InChI is InChI=1S/C38H43ClN8O7/c1-21(2)40-38(53)54-26-7-5-23(17-26)30-19-32(44-43-30)41-34(49)16-22-3-4-24(29(39)15-22)20-45-11-13-46(14-12-45)25-6-8-27-28(18-25)37(52)47(36(27)51)31-9-10-33(48)42-35(31)50/h3-4,6,8,15,18-19,21,23,26,31H,5,7,9-14,16-17,20H2,1-2H3,(H,40,53)(H,42,48,50)(H2,41,43,44,49)/t23-,26+,31?/m0/s1. The molecule has 16 heteroatoms. The first kappa shape index (κ1) is 37.1. The predicted octanol–water partition coefficient (Wildman–Crippen LogP) is 3.74. The number of H-pyrrole nitrogens is 1. The summed E-state index contributed by atoms with van der Waals surface area (Å²) in [4.78, 5) is 80.6. The number of anilines is 2. The van der Waals surface area contributed by atoms with Gasteiger partial charge >= 0.3 is 6.09 Å². The fourth-order valence-corrected chi connectivity index (χ4v) is 7.89. The molecule has 284 valence electrons. The number of aromatic nitrogens is 2. The van der Waals surface area contributed by atoms with Crippen molar-refractivity contribution in [3.63, 3.8) is 0 Å². The number of alkyl carbamates (subject to hydrolysis) is 1. The lowest BCUT2D eigenvalue weighted by Gasteiger charge is -2.36. The molecule has 0 radical (unpaired) electrons. The van der Waals surface area contributed by atoms with Crippen molar-refractivity contribution in [1.82, 2.24) is 30.6 Å². The zero-order chi connectivity index (χ0) is 38.1. The Morgan fingerprint density at radius 3 is 2.48 bits per heavy atom. The molecule has 2 aromatic carbocycles. The van der Waals surface area contributed by atoms with Crippen LogP contribution in [0.15, 0.2) is 42.5 Å². The molecule has 1 aromatic heterocycles. The van der Waals surface area contributed by atoms with Crippen LogP contribution in [0.25, 0.3) is 0 Å². The highest BCUT2D eigenvalue weighted by atomic mass is 35.5. The van der Waals surface area contributed by atoms with E-state index in [0.29, 0.717) is 36.9 Å². The van der Waals surface area contributed by atoms with E-state index in [1.807, 2.05) is 44.2 Å². The number of benzene rings is 2. The Hall–Kier alpha value is -5.28. The molecule has 0 spiro atoms. The Bertz CT molecular complexity index is 1990. The van der Waals surface area contributed by atoms with Gasteiger partial charge in [0, 0.05) is 73.6 Å². The van der Waals surface area contributed by atoms with Crippen molar-refractivity contribution in [2.24, 2.45) is 0 Å². The molecule has 15 nitrogen and oxygen atoms in total. The number of rotatable bonds is 10. The molecular formula is C38H43ClN8O7. The Morgan fingerprint density at radius 1 is 0.963 bits per heavy atom. The highest BCUT2D eigenvalue weighted by molar-refractivity contribution is 6.31. The average molecular weight is 759 g/mol. The first-order chi connectivity index (χ1) is 25.9. The van der Waals surface area contributed by atoms with E-state index in [4.69, 9.17) is 16.3 Å². The van der Waals surface area contributed by atoms with Crippen LogP contribution >= 0.6 is 11.6 Å². The molecule has 54 heavy (non-hydrogen) atoms. The van der Waals surface area contributed by atoms with E-state index in [0.717, 1.165) is 53.3 Å². The second-order valence-electron chi connectivity index (χ2n) is 14.6. The molecule has 3 aromatic rings. The van der Waals surface area contributed by atoms with Gasteiger partial charge in [0.05, 0.1) is 17.5 Å². The van der Waals surface area contributed by atoms with Gasteiger partial charge in [-0.1, -0.05) is 23.7 Å². The molecule has 4 aliphatic rings. The molecule has 3 aliphatic heterocycles. The summed E-state index contributed by atoms with van der Waals surface area (Å²) in [7, 11) is 0. The van der Waals surface area contributed by atoms with E-state index < -0.39 is 35.8 Å². The van der Waals surface area contributed by atoms with Gasteiger partial charge in [0.2, 0.25) is 17.7 Å². The van der Waals surface area contributed by atoms with E-state index in [2.05, 4.69) is 35.9 Å². The lowest BCUT2D eigenvalue weighted by molar-refractivity contribution is -0.136. The van der Waals surface area contributed by atoms with Gasteiger partial charge in [-0.15, -0.1) is 0 Å². The molecule has 1 saturated carbocycles. The molecule has 1 unspecified atom stereocenters. The van der Waals surface area contributed by atoms with Crippen molar-refractivity contribution in [1.29, 1.82) is 0 Å². The molecule has 0 bridgehead atoms. The Labute approximate surface area is 317 Å². The number of amides is 6. The van der Waals surface area contributed by atoms with Gasteiger partial charge in [-0.05, 0) is 74.9 Å². The summed E-state index contributed by atoms with van der Waals surface area (Å²) in [5.41, 5.74) is 3.95. The van der Waals surface area contributed by atoms with Crippen LogP contribution in [0.2, 0.25) is 5.02 Å². The topological polar surface area (TPSA) is 186 Å². The van der Waals surface area contributed by atoms with Crippen LogP contribution in [-0.4, -0.2) is 100.0 Å². The first-order valence-electron chi connectivity index (χ1n) is 18.3. The molecule has 3 atom stereocenters. The number of nitrogens with zero attached hydrogens (tertiary/aromatic N) is 4. The van der Waals surface area contributed by atoms with Crippen LogP contribution in [0.5, 0.6) is 0 Å². The van der Waals surface area contributed by atoms with Gasteiger partial charge in [0.1, 0.15) is 12.1 Å². The maximum Gasteiger partial charge on any atom is 0.407 e. The molecule has 7 rings (SSSR count). The number of ether oxygens (including phenoxy) is 1. The summed E-state index contributed by atoms with van der Waals surface area (Å²) in [5.74, 6) is -1.70. The minimum atomic E-state index is -0.999. The summed E-state index contributed by atoms with van der Waals surface area (Å²) in [5, 5.41) is 15.7. The second kappa shape index (κ2) is 15.6. The summed E-state index contributed by atoms with van der Waals surface area (Å²) in [6, 6.07) is 11.7. The number of piperazine rings is 1. The van der Waals surface area contributed by atoms with Crippen LogP contribution < -0.4 is 20.9 Å². The van der Waals surface area contributed by atoms with E-state index in [9.17, 15) is 28.8 Å². The van der Waals surface area contributed by atoms with Crippen LogP contribution in [0.3, 0.4) is 0 Å². The normalized spacial score (nSPS) is 21.7. The zero-order valence-corrected chi connectivity index (χ0v) is 30.9. The van der Waals surface area contributed by atoms with E-state index in [1.54, 1.807) is 12.1 Å². The highest BCUT2D eigenvalue weighted by Gasteiger charge is 2.45. The summed E-state index contributed by atoms with van der Waals surface area (Å²) in [6.07, 6.45) is 2.06. The Balaban J connectivity index is 0.875. The quantitative estimate of drug-likeness (QED) is 0.222. The fraction of sp³-hybridized carbons (Fsp3) is 0.447. The van der Waals surface area contributed by atoms with Crippen molar-refractivity contribution < 1.29 is 33.5 Å². The summed E-state index contributed by atoms with van der Waals surface area (Å²) >= 11 is 6.70. The predicted molar refractivity (Wildman–Crippen MR) is 198 cm³/mol. The van der Waals surface area contributed by atoms with E-state index in [-0.39, 0.29) is 54.4 Å². The number of fused-ring (bicyclic) bond motifs is 1. The molecule has 6 amide bonds. The van der Waals surface area contributed by atoms with Gasteiger partial charge in [-0.3, -0.25) is 44.2 Å². The minimum Gasteiger partial charge on any atom is -0.446 e. The third-order valence-corrected chi connectivity index (χ3v) is 10.8. The van der Waals surface area contributed by atoms with Crippen molar-refractivity contribution in [3.05, 3.63) is 75.4 Å². The Kier molecular flexibility index (Phi) is 10.7. The molecule has 2 saturated heterocycles. The fourth-order valence-electron chi connectivity index (χ4n) is 7.62. The van der Waals surface area contributed by atoms with Crippen molar-refractivity contribution in [2.45, 2.75) is 83.0 Å². The van der Waals surface area contributed by atoms with Crippen LogP contribution in [0, 0.1) is 0 Å². The number of nitrogens with one attached hydrogen (secondary N) is 4. The van der Waals surface area contributed by atoms with Crippen molar-refractivity contribution >= 4 is 58.7 Å². The summed E-state index contributed by atoms with van der Waals surface area (Å²) in [6.45, 7) is 7.24. The Morgan fingerprint density at radius 2 is 1.74 bits per heavy atom. The number of piperidine rings is 1. The van der Waals surface area contributed by atoms with Crippen molar-refractivity contribution in [3.8, 4) is 0 Å². The summed E-state index contributed by atoms with van der Waals surface area (Å²) < 4.78 is 5.53. The lowest BCUT2D eigenvalue weighted by Crippen LogP contribution is -2.54. The van der Waals surface area contributed by atoms with E-state index in [1.165, 1.54) is 0 Å². The maximum absolute atomic E-state index is 13.3. The van der Waals surface area contributed by atoms with Crippen molar-refractivity contribution in [2.75, 3.05) is 36.4 Å². The third-order valence-electron chi connectivity index (χ3n) is 10.4. The van der Waals surface area contributed by atoms with Gasteiger partial charge in [0.15, 0.2) is 5.82 Å². The number of halogens is 1. The maximum atomic E-state index is 13.3. The van der Waals surface area contributed by atoms with Crippen LogP contribution in [0.4, 0.5) is 16.3 Å². The SMILES string of the molecule is CC(C)NC(=O)O[C@@H]1CC[C@H](c2cc(NC(=O)Cc3ccc(CN4CCN(c5ccc6c(c5)C(=O)N(C5CCC(=O)NC5=O)C6=O)CC4)c(Cl)c3)n[nH]2)C1. The van der Waals surface area contributed by atoms with Crippen LogP contribution in [0.1, 0.15) is 89.4 Å². The molecule has 4 N–H and O–H groups in total. The number of carbonyl (C=O) groups is 6. The number of imide groups is 2. The van der Waals surface area contributed by atoms with Gasteiger partial charge in [-0.2, -0.15) is 5.10 Å². The number of hydrogen-bond donors (Lipinski definition) is 4. The molecule has 1 aliphatic carbocycles. The smallest absolute Gasteiger partial charge is 0.407 e. The third kappa shape index (κ3) is 8.11. The first-order valence-corrected chi connectivity index (χ1v) is 18.7. The zero-order valence-electron chi connectivity index (χ0n) is 30.2.